The molecule has 0 aromatic heterocycles. The Balaban J connectivity index is 1.72. The fourth-order valence-corrected chi connectivity index (χ4v) is 2.40. The summed E-state index contributed by atoms with van der Waals surface area (Å²) in [5.41, 5.74) is 0. The van der Waals surface area contributed by atoms with Crippen LogP contribution in [0.2, 0.25) is 0 Å². The van der Waals surface area contributed by atoms with Gasteiger partial charge in [-0.2, -0.15) is 0 Å². The molecule has 14 heavy (non-hydrogen) atoms. The van der Waals surface area contributed by atoms with E-state index in [0.717, 1.165) is 12.3 Å². The van der Waals surface area contributed by atoms with Crippen molar-refractivity contribution in [1.29, 1.82) is 0 Å². The molecule has 0 aliphatic heterocycles. The molecule has 1 N–H and O–H groups in total. The average molecular weight is 195 g/mol. The SMILES string of the molecule is CC1CCC(NC(=O)C2CC2C)CC1. The van der Waals surface area contributed by atoms with Crippen LogP contribution in [0.5, 0.6) is 0 Å². The summed E-state index contributed by atoms with van der Waals surface area (Å²) >= 11 is 0. The van der Waals surface area contributed by atoms with Gasteiger partial charge in [0.2, 0.25) is 5.91 Å². The van der Waals surface area contributed by atoms with Gasteiger partial charge in [-0.05, 0) is 43.9 Å². The predicted molar refractivity (Wildman–Crippen MR) is 56.8 cm³/mol. The third kappa shape index (κ3) is 2.28. The second kappa shape index (κ2) is 3.92. The van der Waals surface area contributed by atoms with E-state index in [0.29, 0.717) is 23.8 Å². The van der Waals surface area contributed by atoms with Crippen LogP contribution in [0.1, 0.15) is 46.0 Å². The molecule has 2 atom stereocenters. The lowest BCUT2D eigenvalue weighted by Crippen LogP contribution is -2.38. The molecular formula is C12H21NO. The minimum absolute atomic E-state index is 0.317. The van der Waals surface area contributed by atoms with E-state index in [1.807, 2.05) is 0 Å². The summed E-state index contributed by atoms with van der Waals surface area (Å²) in [6.07, 6.45) is 6.05. The van der Waals surface area contributed by atoms with Gasteiger partial charge >= 0.3 is 0 Å². The highest BCUT2D eigenvalue weighted by atomic mass is 16.2. The smallest absolute Gasteiger partial charge is 0.223 e. The third-order valence-corrected chi connectivity index (χ3v) is 3.81. The van der Waals surface area contributed by atoms with Crippen LogP contribution >= 0.6 is 0 Å². The fraction of sp³-hybridized carbons (Fsp3) is 0.917. The van der Waals surface area contributed by atoms with Gasteiger partial charge in [0.25, 0.3) is 0 Å². The molecule has 2 heteroatoms. The van der Waals surface area contributed by atoms with Crippen LogP contribution in [-0.2, 0) is 4.79 Å². The standard InChI is InChI=1S/C12H21NO/c1-8-3-5-10(6-4-8)13-12(14)11-7-9(11)2/h8-11H,3-7H2,1-2H3,(H,13,14). The summed E-state index contributed by atoms with van der Waals surface area (Å²) < 4.78 is 0. The predicted octanol–water partition coefficient (Wildman–Crippen LogP) is 2.34. The maximum atomic E-state index is 11.7. The molecule has 0 radical (unpaired) electrons. The highest BCUT2D eigenvalue weighted by molar-refractivity contribution is 5.81. The molecule has 0 aromatic carbocycles. The Morgan fingerprint density at radius 1 is 1.14 bits per heavy atom. The quantitative estimate of drug-likeness (QED) is 0.720. The molecule has 0 saturated heterocycles. The first-order chi connectivity index (χ1) is 6.66. The molecule has 0 spiro atoms. The fourth-order valence-electron chi connectivity index (χ4n) is 2.40. The van der Waals surface area contributed by atoms with Crippen LogP contribution in [0.15, 0.2) is 0 Å². The zero-order chi connectivity index (χ0) is 10.1. The van der Waals surface area contributed by atoms with Gasteiger partial charge in [0.05, 0.1) is 0 Å². The van der Waals surface area contributed by atoms with Gasteiger partial charge in [0, 0.05) is 12.0 Å². The first-order valence-corrected chi connectivity index (χ1v) is 5.97. The summed E-state index contributed by atoms with van der Waals surface area (Å²) in [5.74, 6) is 2.16. The number of nitrogens with one attached hydrogen (secondary N) is 1. The van der Waals surface area contributed by atoms with Gasteiger partial charge < -0.3 is 5.32 Å². The molecular weight excluding hydrogens is 174 g/mol. The topological polar surface area (TPSA) is 29.1 Å². The number of amides is 1. The van der Waals surface area contributed by atoms with Crippen molar-refractivity contribution in [3.05, 3.63) is 0 Å². The molecule has 80 valence electrons. The number of rotatable bonds is 2. The monoisotopic (exact) mass is 195 g/mol. The molecule has 0 bridgehead atoms. The lowest BCUT2D eigenvalue weighted by atomic mass is 9.87. The summed E-state index contributed by atoms with van der Waals surface area (Å²) in [5, 5.41) is 3.19. The molecule has 0 aromatic rings. The molecule has 0 heterocycles. The first kappa shape index (κ1) is 10.0. The molecule has 1 amide bonds. The van der Waals surface area contributed by atoms with Gasteiger partial charge in [-0.1, -0.05) is 13.8 Å². The van der Waals surface area contributed by atoms with Crippen molar-refractivity contribution in [2.75, 3.05) is 0 Å². The normalized spacial score (nSPS) is 41.9. The maximum absolute atomic E-state index is 11.7. The Bertz CT molecular complexity index is 218. The van der Waals surface area contributed by atoms with Crippen molar-refractivity contribution in [2.45, 2.75) is 52.0 Å². The van der Waals surface area contributed by atoms with Crippen LogP contribution in [0.3, 0.4) is 0 Å². The lowest BCUT2D eigenvalue weighted by Gasteiger charge is -2.26. The second-order valence-corrected chi connectivity index (χ2v) is 5.28. The molecule has 2 fully saturated rings. The Labute approximate surface area is 86.5 Å². The van der Waals surface area contributed by atoms with E-state index in [1.54, 1.807) is 0 Å². The molecule has 2 saturated carbocycles. The largest absolute Gasteiger partial charge is 0.353 e. The van der Waals surface area contributed by atoms with Crippen LogP contribution in [0, 0.1) is 17.8 Å². The van der Waals surface area contributed by atoms with E-state index in [-0.39, 0.29) is 0 Å². The lowest BCUT2D eigenvalue weighted by molar-refractivity contribution is -0.123. The zero-order valence-electron chi connectivity index (χ0n) is 9.25. The highest BCUT2D eigenvalue weighted by Gasteiger charge is 2.39. The van der Waals surface area contributed by atoms with E-state index >= 15 is 0 Å². The Morgan fingerprint density at radius 2 is 1.71 bits per heavy atom. The summed E-state index contributed by atoms with van der Waals surface area (Å²) in [4.78, 5) is 11.7. The van der Waals surface area contributed by atoms with Gasteiger partial charge in [0.1, 0.15) is 0 Å². The van der Waals surface area contributed by atoms with Crippen molar-refractivity contribution in [2.24, 2.45) is 17.8 Å². The Hall–Kier alpha value is -0.530. The van der Waals surface area contributed by atoms with Crippen molar-refractivity contribution < 1.29 is 4.79 Å². The van der Waals surface area contributed by atoms with Crippen LogP contribution in [0.4, 0.5) is 0 Å². The van der Waals surface area contributed by atoms with Crippen LogP contribution in [0.25, 0.3) is 0 Å². The van der Waals surface area contributed by atoms with E-state index in [4.69, 9.17) is 0 Å². The third-order valence-electron chi connectivity index (χ3n) is 3.81. The average Bonchev–Trinajstić information content (AvgIpc) is 2.87. The summed E-state index contributed by atoms with van der Waals surface area (Å²) in [7, 11) is 0. The zero-order valence-corrected chi connectivity index (χ0v) is 9.25. The van der Waals surface area contributed by atoms with Crippen molar-refractivity contribution in [3.63, 3.8) is 0 Å². The van der Waals surface area contributed by atoms with E-state index in [1.165, 1.54) is 25.7 Å². The van der Waals surface area contributed by atoms with Gasteiger partial charge in [0.15, 0.2) is 0 Å². The van der Waals surface area contributed by atoms with Crippen molar-refractivity contribution in [1.82, 2.24) is 5.32 Å². The summed E-state index contributed by atoms with van der Waals surface area (Å²) in [6, 6.07) is 0.478. The van der Waals surface area contributed by atoms with E-state index < -0.39 is 0 Å². The molecule has 2 aliphatic rings. The molecule has 2 unspecified atom stereocenters. The molecule has 2 nitrogen and oxygen atoms in total. The van der Waals surface area contributed by atoms with Crippen LogP contribution < -0.4 is 5.32 Å². The summed E-state index contributed by atoms with van der Waals surface area (Å²) in [6.45, 7) is 4.47. The van der Waals surface area contributed by atoms with Gasteiger partial charge in [-0.3, -0.25) is 4.79 Å². The van der Waals surface area contributed by atoms with Crippen molar-refractivity contribution in [3.8, 4) is 0 Å². The van der Waals surface area contributed by atoms with Crippen molar-refractivity contribution >= 4 is 5.91 Å². The number of hydrogen-bond donors (Lipinski definition) is 1. The minimum atomic E-state index is 0.317. The molecule has 2 rings (SSSR count). The number of carbonyl (C=O) groups is 1. The highest BCUT2D eigenvalue weighted by Crippen LogP contribution is 2.38. The number of hydrogen-bond acceptors (Lipinski definition) is 1. The maximum Gasteiger partial charge on any atom is 0.223 e. The van der Waals surface area contributed by atoms with E-state index in [9.17, 15) is 4.79 Å². The van der Waals surface area contributed by atoms with Gasteiger partial charge in [-0.25, -0.2) is 0 Å². The first-order valence-electron chi connectivity index (χ1n) is 5.97. The minimum Gasteiger partial charge on any atom is -0.353 e. The van der Waals surface area contributed by atoms with Crippen LogP contribution in [-0.4, -0.2) is 11.9 Å². The van der Waals surface area contributed by atoms with Gasteiger partial charge in [-0.15, -0.1) is 0 Å². The van der Waals surface area contributed by atoms with E-state index in [2.05, 4.69) is 19.2 Å². The Kier molecular flexibility index (Phi) is 2.80. The Morgan fingerprint density at radius 3 is 2.21 bits per heavy atom. The number of carbonyl (C=O) groups excluding carboxylic acids is 1. The molecule has 2 aliphatic carbocycles. The second-order valence-electron chi connectivity index (χ2n) is 5.28.